The van der Waals surface area contributed by atoms with Crippen molar-refractivity contribution in [2.75, 3.05) is 133 Å². The van der Waals surface area contributed by atoms with E-state index in [1.54, 1.807) is 0 Å². The maximum Gasteiger partial charge on any atom is 0.410 e. The van der Waals surface area contributed by atoms with Crippen LogP contribution in [0.1, 0.15) is 101 Å². The molecule has 6 aliphatic rings. The van der Waals surface area contributed by atoms with Gasteiger partial charge in [0.25, 0.3) is 0 Å². The van der Waals surface area contributed by atoms with Crippen LogP contribution in [0.4, 0.5) is 32.2 Å². The Kier molecular flexibility index (Phi) is 14.7. The SMILES string of the molecule is CC(C)(C)OC(=O)N1CCC(N2CCN(c3nc(N4CCN(C5CCN(C(=O)OC(C)(C)C)CC5)CC4)nc(N4CCN(C5CCN(C(=O)OC(C)(C)C)CC5)CC4)n3)CC2)CC1. The summed E-state index contributed by atoms with van der Waals surface area (Å²) >= 11 is 0. The number of hydrogen-bond acceptors (Lipinski definition) is 15. The van der Waals surface area contributed by atoms with Gasteiger partial charge >= 0.3 is 18.3 Å². The van der Waals surface area contributed by atoms with E-state index in [9.17, 15) is 14.4 Å². The van der Waals surface area contributed by atoms with Gasteiger partial charge in [0.1, 0.15) is 16.8 Å². The van der Waals surface area contributed by atoms with Crippen molar-refractivity contribution < 1.29 is 28.6 Å². The number of amides is 3. The molecule has 1 aromatic rings. The summed E-state index contributed by atoms with van der Waals surface area (Å²) in [6.45, 7) is 32.1. The Labute approximate surface area is 376 Å². The van der Waals surface area contributed by atoms with Crippen molar-refractivity contribution in [1.29, 1.82) is 0 Å². The lowest BCUT2D eigenvalue weighted by Crippen LogP contribution is -2.55. The number of nitrogens with zero attached hydrogens (tertiary/aromatic N) is 12. The molecule has 0 aromatic carbocycles. The average Bonchev–Trinajstić information content (AvgIpc) is 3.25. The van der Waals surface area contributed by atoms with E-state index >= 15 is 0 Å². The molecule has 0 unspecified atom stereocenters. The van der Waals surface area contributed by atoms with Crippen LogP contribution in [0, 0.1) is 0 Å². The molecule has 0 saturated carbocycles. The smallest absolute Gasteiger partial charge is 0.410 e. The van der Waals surface area contributed by atoms with E-state index in [4.69, 9.17) is 29.2 Å². The fraction of sp³-hybridized carbons (Fsp3) is 0.867. The number of piperidine rings is 3. The molecule has 354 valence electrons. The first kappa shape index (κ1) is 47.1. The molecule has 6 saturated heterocycles. The molecule has 1 aromatic heterocycles. The quantitative estimate of drug-likeness (QED) is 0.371. The minimum Gasteiger partial charge on any atom is -0.444 e. The second kappa shape index (κ2) is 19.7. The van der Waals surface area contributed by atoms with Crippen molar-refractivity contribution >= 4 is 36.1 Å². The third-order valence-corrected chi connectivity index (χ3v) is 13.3. The lowest BCUT2D eigenvalue weighted by Gasteiger charge is -2.44. The topological polar surface area (TPSA) is 147 Å². The minimum absolute atomic E-state index is 0.212. The van der Waals surface area contributed by atoms with Crippen molar-refractivity contribution in [3.63, 3.8) is 0 Å². The Morgan fingerprint density at radius 2 is 0.571 bits per heavy atom. The van der Waals surface area contributed by atoms with Crippen LogP contribution in [0.25, 0.3) is 0 Å². The maximum atomic E-state index is 12.7. The standard InChI is InChI=1S/C45H78N12O6/c1-43(2,3)61-40(58)55-16-10-34(11-17-55)49-22-28-52(29-23-49)37-46-38(53-30-24-50(25-31-53)35-12-18-56(19-13-35)41(59)62-44(4,5)6)48-39(47-37)54-32-26-51(27-33-54)36-14-20-57(21-15-36)42(60)63-45(7,8)9/h34-36H,10-33H2,1-9H3. The van der Waals surface area contributed by atoms with Gasteiger partial charge in [-0.2, -0.15) is 15.0 Å². The second-order valence-electron chi connectivity index (χ2n) is 21.4. The molecule has 3 amide bonds. The van der Waals surface area contributed by atoms with Gasteiger partial charge in [0.05, 0.1) is 0 Å². The zero-order chi connectivity index (χ0) is 45.1. The molecule has 0 atom stereocenters. The van der Waals surface area contributed by atoms with Gasteiger partial charge in [0, 0.05) is 136 Å². The van der Waals surface area contributed by atoms with Crippen LogP contribution in [0.5, 0.6) is 0 Å². The molecule has 7 heterocycles. The molecule has 7 rings (SSSR count). The molecular formula is C45H78N12O6. The highest BCUT2D eigenvalue weighted by atomic mass is 16.6. The second-order valence-corrected chi connectivity index (χ2v) is 21.4. The summed E-state index contributed by atoms with van der Waals surface area (Å²) in [5, 5.41) is 0. The van der Waals surface area contributed by atoms with Crippen LogP contribution < -0.4 is 14.7 Å². The van der Waals surface area contributed by atoms with Crippen molar-refractivity contribution in [3.8, 4) is 0 Å². The number of likely N-dealkylation sites (tertiary alicyclic amines) is 3. The summed E-state index contributed by atoms with van der Waals surface area (Å²) in [5.74, 6) is 2.26. The normalized spacial score (nSPS) is 23.0. The highest BCUT2D eigenvalue weighted by Gasteiger charge is 2.36. The average molecular weight is 883 g/mol. The zero-order valence-corrected chi connectivity index (χ0v) is 40.0. The number of hydrogen-bond donors (Lipinski definition) is 0. The molecule has 18 nitrogen and oxygen atoms in total. The number of piperazine rings is 3. The van der Waals surface area contributed by atoms with Gasteiger partial charge in [-0.1, -0.05) is 0 Å². The first-order chi connectivity index (χ1) is 29.8. The van der Waals surface area contributed by atoms with E-state index in [-0.39, 0.29) is 18.3 Å². The van der Waals surface area contributed by atoms with Crippen LogP contribution in [0.15, 0.2) is 0 Å². The Hall–Kier alpha value is -3.90. The predicted octanol–water partition coefficient (Wildman–Crippen LogP) is 4.44. The number of aromatic nitrogens is 3. The molecule has 0 N–H and O–H groups in total. The van der Waals surface area contributed by atoms with Gasteiger partial charge in [-0.05, 0) is 101 Å². The van der Waals surface area contributed by atoms with Gasteiger partial charge < -0.3 is 43.6 Å². The van der Waals surface area contributed by atoms with E-state index in [1.165, 1.54) is 0 Å². The minimum atomic E-state index is -0.491. The van der Waals surface area contributed by atoms with Gasteiger partial charge in [0.15, 0.2) is 0 Å². The van der Waals surface area contributed by atoms with E-state index in [1.807, 2.05) is 77.0 Å². The molecule has 0 radical (unpaired) electrons. The Bertz CT molecular complexity index is 1480. The third-order valence-electron chi connectivity index (χ3n) is 13.3. The monoisotopic (exact) mass is 883 g/mol. The van der Waals surface area contributed by atoms with Crippen molar-refractivity contribution in [3.05, 3.63) is 0 Å². The van der Waals surface area contributed by atoms with Crippen LogP contribution in [0.3, 0.4) is 0 Å². The molecule has 63 heavy (non-hydrogen) atoms. The molecule has 0 bridgehead atoms. The van der Waals surface area contributed by atoms with E-state index in [0.717, 1.165) is 174 Å². The molecular weight excluding hydrogens is 805 g/mol. The van der Waals surface area contributed by atoms with Gasteiger partial charge in [-0.3, -0.25) is 14.7 Å². The van der Waals surface area contributed by atoms with Crippen molar-refractivity contribution in [2.24, 2.45) is 0 Å². The van der Waals surface area contributed by atoms with Gasteiger partial charge in [-0.25, -0.2) is 14.4 Å². The zero-order valence-electron chi connectivity index (χ0n) is 40.0. The van der Waals surface area contributed by atoms with Gasteiger partial charge in [0.2, 0.25) is 17.8 Å². The fourth-order valence-corrected chi connectivity index (χ4v) is 9.85. The first-order valence-corrected chi connectivity index (χ1v) is 23.9. The number of carbonyl (C=O) groups excluding carboxylic acids is 3. The summed E-state index contributed by atoms with van der Waals surface area (Å²) in [6.07, 6.45) is 5.05. The summed E-state index contributed by atoms with van der Waals surface area (Å²) in [7, 11) is 0. The summed E-state index contributed by atoms with van der Waals surface area (Å²) < 4.78 is 16.9. The summed E-state index contributed by atoms with van der Waals surface area (Å²) in [5.41, 5.74) is -1.47. The van der Waals surface area contributed by atoms with Crippen molar-refractivity contribution in [1.82, 2.24) is 44.4 Å². The van der Waals surface area contributed by atoms with Crippen LogP contribution in [-0.2, 0) is 14.2 Å². The fourth-order valence-electron chi connectivity index (χ4n) is 9.85. The number of carbonyl (C=O) groups is 3. The van der Waals surface area contributed by atoms with Crippen LogP contribution in [0.2, 0.25) is 0 Å². The van der Waals surface area contributed by atoms with Crippen LogP contribution in [-0.4, -0.2) is 215 Å². The van der Waals surface area contributed by atoms with Crippen LogP contribution >= 0.6 is 0 Å². The molecule has 18 heteroatoms. The van der Waals surface area contributed by atoms with Crippen molar-refractivity contribution in [2.45, 2.75) is 136 Å². The summed E-state index contributed by atoms with van der Waals surface area (Å²) in [6, 6.07) is 1.33. The largest absolute Gasteiger partial charge is 0.444 e. The number of rotatable bonds is 6. The third kappa shape index (κ3) is 12.9. The summed E-state index contributed by atoms with van der Waals surface area (Å²) in [4.78, 5) is 74.1. The maximum absolute atomic E-state index is 12.7. The Morgan fingerprint density at radius 3 is 0.762 bits per heavy atom. The van der Waals surface area contributed by atoms with E-state index in [2.05, 4.69) is 29.4 Å². The van der Waals surface area contributed by atoms with E-state index < -0.39 is 16.8 Å². The molecule has 6 fully saturated rings. The number of anilines is 3. The first-order valence-electron chi connectivity index (χ1n) is 23.9. The highest BCUT2D eigenvalue weighted by molar-refractivity contribution is 5.69. The highest BCUT2D eigenvalue weighted by Crippen LogP contribution is 2.28. The Morgan fingerprint density at radius 1 is 0.365 bits per heavy atom. The molecule has 6 aliphatic heterocycles. The predicted molar refractivity (Wildman–Crippen MR) is 244 cm³/mol. The van der Waals surface area contributed by atoms with Gasteiger partial charge in [-0.15, -0.1) is 0 Å². The lowest BCUT2D eigenvalue weighted by molar-refractivity contribution is 0.0130. The number of ether oxygens (including phenoxy) is 3. The van der Waals surface area contributed by atoms with E-state index in [0.29, 0.717) is 18.1 Å². The molecule has 0 spiro atoms. The molecule has 0 aliphatic carbocycles. The lowest BCUT2D eigenvalue weighted by atomic mass is 10.0. The Balaban J connectivity index is 0.965.